The van der Waals surface area contributed by atoms with Gasteiger partial charge in [-0.1, -0.05) is 13.3 Å². The summed E-state index contributed by atoms with van der Waals surface area (Å²) in [7, 11) is 0. The highest BCUT2D eigenvalue weighted by Crippen LogP contribution is 2.38. The molecule has 2 aliphatic heterocycles. The number of amides is 1. The van der Waals surface area contributed by atoms with E-state index in [9.17, 15) is 19.8 Å². The topological polar surface area (TPSA) is 89.9 Å². The van der Waals surface area contributed by atoms with E-state index in [-0.39, 0.29) is 18.9 Å². The fourth-order valence-corrected chi connectivity index (χ4v) is 3.53. The van der Waals surface area contributed by atoms with Crippen LogP contribution in [0.2, 0.25) is 0 Å². The van der Waals surface area contributed by atoms with Crippen LogP contribution in [0.3, 0.4) is 0 Å². The summed E-state index contributed by atoms with van der Waals surface area (Å²) in [5.41, 5.74) is -0.447. The van der Waals surface area contributed by atoms with E-state index in [0.717, 1.165) is 38.8 Å². The van der Waals surface area contributed by atoms with Crippen molar-refractivity contribution in [2.24, 2.45) is 5.41 Å². The first-order valence-electron chi connectivity index (χ1n) is 7.43. The number of aliphatic carboxylic acids is 1. The van der Waals surface area contributed by atoms with Crippen molar-refractivity contribution in [2.45, 2.75) is 51.2 Å². The standard InChI is InChI=1S/C14H24N2O4/c1-2-3-14(4-6-15-7-5-14)13(20)16-9-10(17)8-11(16)12(18)19/h10-11,15,17H,2-9H2,1H3,(H,18,19)/t10-,11+/m1/s1. The molecule has 0 spiro atoms. The normalized spacial score (nSPS) is 29.4. The number of carbonyl (C=O) groups excluding carboxylic acids is 1. The molecule has 114 valence electrons. The molecule has 6 heteroatoms. The van der Waals surface area contributed by atoms with Crippen molar-refractivity contribution in [2.75, 3.05) is 19.6 Å². The smallest absolute Gasteiger partial charge is 0.326 e. The maximum absolute atomic E-state index is 12.9. The van der Waals surface area contributed by atoms with Gasteiger partial charge in [0.1, 0.15) is 6.04 Å². The van der Waals surface area contributed by atoms with Crippen molar-refractivity contribution in [3.05, 3.63) is 0 Å². The summed E-state index contributed by atoms with van der Waals surface area (Å²) in [6.45, 7) is 3.78. The minimum Gasteiger partial charge on any atom is -0.480 e. The van der Waals surface area contributed by atoms with E-state index in [1.807, 2.05) is 6.92 Å². The largest absolute Gasteiger partial charge is 0.480 e. The van der Waals surface area contributed by atoms with Gasteiger partial charge in [-0.3, -0.25) is 4.79 Å². The molecule has 0 aliphatic carbocycles. The molecule has 6 nitrogen and oxygen atoms in total. The van der Waals surface area contributed by atoms with Gasteiger partial charge in [0, 0.05) is 13.0 Å². The van der Waals surface area contributed by atoms with Gasteiger partial charge in [-0.05, 0) is 32.4 Å². The van der Waals surface area contributed by atoms with Gasteiger partial charge in [0.2, 0.25) is 5.91 Å². The van der Waals surface area contributed by atoms with Crippen molar-refractivity contribution in [3.63, 3.8) is 0 Å². The summed E-state index contributed by atoms with van der Waals surface area (Å²) < 4.78 is 0. The molecule has 1 amide bonds. The molecule has 0 aromatic heterocycles. The Morgan fingerprint density at radius 1 is 1.35 bits per heavy atom. The first-order chi connectivity index (χ1) is 9.50. The van der Waals surface area contributed by atoms with Gasteiger partial charge in [0.15, 0.2) is 0 Å². The quantitative estimate of drug-likeness (QED) is 0.686. The molecule has 2 rings (SSSR count). The predicted octanol–water partition coefficient (Wildman–Crippen LogP) is 0.203. The molecule has 20 heavy (non-hydrogen) atoms. The molecule has 2 atom stereocenters. The lowest BCUT2D eigenvalue weighted by Crippen LogP contribution is -2.52. The number of piperidine rings is 1. The van der Waals surface area contributed by atoms with Crippen LogP contribution in [0.5, 0.6) is 0 Å². The SMILES string of the molecule is CCCC1(C(=O)N2C[C@H](O)C[C@H]2C(=O)O)CCNCC1. The number of nitrogens with zero attached hydrogens (tertiary/aromatic N) is 1. The average molecular weight is 284 g/mol. The van der Waals surface area contributed by atoms with Crippen LogP contribution in [0.15, 0.2) is 0 Å². The fraction of sp³-hybridized carbons (Fsp3) is 0.857. The maximum Gasteiger partial charge on any atom is 0.326 e. The van der Waals surface area contributed by atoms with E-state index in [0.29, 0.717) is 0 Å². The highest BCUT2D eigenvalue weighted by atomic mass is 16.4. The van der Waals surface area contributed by atoms with E-state index in [4.69, 9.17) is 0 Å². The molecular formula is C14H24N2O4. The third-order valence-electron chi connectivity index (χ3n) is 4.57. The molecule has 0 aromatic rings. The second kappa shape index (κ2) is 6.10. The minimum atomic E-state index is -1.02. The lowest BCUT2D eigenvalue weighted by atomic mass is 9.74. The number of β-amino-alcohol motifs (C(OH)–C–C–N with tert-alkyl or cyclic N) is 1. The van der Waals surface area contributed by atoms with Gasteiger partial charge < -0.3 is 20.4 Å². The number of carboxylic acid groups (broad SMARTS) is 1. The number of hydrogen-bond acceptors (Lipinski definition) is 4. The number of aliphatic hydroxyl groups is 1. The van der Waals surface area contributed by atoms with Crippen LogP contribution in [0.25, 0.3) is 0 Å². The summed E-state index contributed by atoms with van der Waals surface area (Å²) in [5, 5.41) is 22.2. The molecule has 0 aromatic carbocycles. The first kappa shape index (κ1) is 15.3. The summed E-state index contributed by atoms with van der Waals surface area (Å²) in [6.07, 6.45) is 2.60. The Morgan fingerprint density at radius 3 is 2.55 bits per heavy atom. The van der Waals surface area contributed by atoms with E-state index in [1.165, 1.54) is 4.90 Å². The van der Waals surface area contributed by atoms with Crippen molar-refractivity contribution in [3.8, 4) is 0 Å². The zero-order valence-corrected chi connectivity index (χ0v) is 12.0. The number of likely N-dealkylation sites (tertiary alicyclic amines) is 1. The monoisotopic (exact) mass is 284 g/mol. The highest BCUT2D eigenvalue weighted by molar-refractivity contribution is 5.88. The van der Waals surface area contributed by atoms with Crippen LogP contribution >= 0.6 is 0 Å². The zero-order valence-electron chi connectivity index (χ0n) is 12.0. The van der Waals surface area contributed by atoms with Crippen molar-refractivity contribution < 1.29 is 19.8 Å². The van der Waals surface area contributed by atoms with Crippen LogP contribution in [-0.4, -0.2) is 58.8 Å². The number of carboxylic acids is 1. The minimum absolute atomic E-state index is 0.0789. The van der Waals surface area contributed by atoms with Crippen molar-refractivity contribution in [1.82, 2.24) is 10.2 Å². The van der Waals surface area contributed by atoms with E-state index >= 15 is 0 Å². The predicted molar refractivity (Wildman–Crippen MR) is 73.2 cm³/mol. The van der Waals surface area contributed by atoms with Gasteiger partial charge >= 0.3 is 5.97 Å². The van der Waals surface area contributed by atoms with E-state index in [2.05, 4.69) is 5.32 Å². The number of hydrogen-bond donors (Lipinski definition) is 3. The van der Waals surface area contributed by atoms with Crippen molar-refractivity contribution in [1.29, 1.82) is 0 Å². The molecular weight excluding hydrogens is 260 g/mol. The Bertz CT molecular complexity index is 374. The maximum atomic E-state index is 12.9. The Labute approximate surface area is 119 Å². The molecule has 2 fully saturated rings. The number of carbonyl (C=O) groups is 2. The fourth-order valence-electron chi connectivity index (χ4n) is 3.53. The van der Waals surface area contributed by atoms with Gasteiger partial charge in [0.25, 0.3) is 0 Å². The number of aliphatic hydroxyl groups excluding tert-OH is 1. The molecule has 0 bridgehead atoms. The average Bonchev–Trinajstić information content (AvgIpc) is 2.81. The van der Waals surface area contributed by atoms with Crippen LogP contribution < -0.4 is 5.32 Å². The van der Waals surface area contributed by atoms with Crippen LogP contribution in [-0.2, 0) is 9.59 Å². The second-order valence-electron chi connectivity index (χ2n) is 5.98. The molecule has 2 aliphatic rings. The van der Waals surface area contributed by atoms with Gasteiger partial charge in [-0.2, -0.15) is 0 Å². The molecule has 2 heterocycles. The first-order valence-corrected chi connectivity index (χ1v) is 7.43. The molecule has 0 saturated carbocycles. The van der Waals surface area contributed by atoms with Crippen molar-refractivity contribution >= 4 is 11.9 Å². The molecule has 3 N–H and O–H groups in total. The van der Waals surface area contributed by atoms with E-state index < -0.39 is 23.5 Å². The lowest BCUT2D eigenvalue weighted by Gasteiger charge is -2.40. The van der Waals surface area contributed by atoms with Crippen LogP contribution in [0.4, 0.5) is 0 Å². The van der Waals surface area contributed by atoms with Gasteiger partial charge in [-0.25, -0.2) is 4.79 Å². The number of rotatable bonds is 4. The van der Waals surface area contributed by atoms with Crippen LogP contribution in [0.1, 0.15) is 39.0 Å². The second-order valence-corrected chi connectivity index (χ2v) is 5.98. The van der Waals surface area contributed by atoms with Gasteiger partial charge in [-0.15, -0.1) is 0 Å². The highest BCUT2D eigenvalue weighted by Gasteiger charge is 2.47. The summed E-state index contributed by atoms with van der Waals surface area (Å²) in [5.74, 6) is -1.10. The Balaban J connectivity index is 2.20. The summed E-state index contributed by atoms with van der Waals surface area (Å²) in [6, 6.07) is -0.874. The molecule has 0 radical (unpaired) electrons. The van der Waals surface area contributed by atoms with Gasteiger partial charge in [0.05, 0.1) is 11.5 Å². The molecule has 2 saturated heterocycles. The Morgan fingerprint density at radius 2 is 2.00 bits per heavy atom. The third kappa shape index (κ3) is 2.81. The Kier molecular flexibility index (Phi) is 4.65. The zero-order chi connectivity index (χ0) is 14.8. The van der Waals surface area contributed by atoms with Crippen LogP contribution in [0, 0.1) is 5.41 Å². The van der Waals surface area contributed by atoms with E-state index in [1.54, 1.807) is 0 Å². The molecule has 0 unspecified atom stereocenters. The third-order valence-corrected chi connectivity index (χ3v) is 4.57. The Hall–Kier alpha value is -1.14. The summed E-state index contributed by atoms with van der Waals surface area (Å²) in [4.78, 5) is 25.6. The summed E-state index contributed by atoms with van der Waals surface area (Å²) >= 11 is 0. The number of nitrogens with one attached hydrogen (secondary N) is 1. The lowest BCUT2D eigenvalue weighted by molar-refractivity contribution is -0.154.